The number of nitrogens with one attached hydrogen (secondary N) is 1. The van der Waals surface area contributed by atoms with E-state index in [0.717, 1.165) is 22.4 Å². The van der Waals surface area contributed by atoms with Gasteiger partial charge in [0.1, 0.15) is 11.5 Å². The van der Waals surface area contributed by atoms with Crippen molar-refractivity contribution in [3.8, 4) is 46.5 Å². The van der Waals surface area contributed by atoms with Crippen LogP contribution in [-0.2, 0) is 14.3 Å². The zero-order valence-electron chi connectivity index (χ0n) is 34.7. The number of aryl methyl sites for hydroxylation is 3. The Kier molecular flexibility index (Phi) is 18.4. The molecule has 0 saturated heterocycles. The maximum absolute atomic E-state index is 12.4. The molecule has 0 radical (unpaired) electrons. The van der Waals surface area contributed by atoms with Gasteiger partial charge in [0.05, 0.1) is 90.0 Å². The third-order valence-corrected chi connectivity index (χ3v) is 9.25. The van der Waals surface area contributed by atoms with Crippen molar-refractivity contribution in [2.24, 2.45) is 11.5 Å². The second-order valence-electron chi connectivity index (χ2n) is 12.8. The van der Waals surface area contributed by atoms with Gasteiger partial charge >= 0.3 is 49.4 Å². The Labute approximate surface area is 379 Å². The Morgan fingerprint density at radius 2 is 1.40 bits per heavy atom. The van der Waals surface area contributed by atoms with Crippen LogP contribution in [0, 0.1) is 50.9 Å². The first-order valence-electron chi connectivity index (χ1n) is 18.0. The predicted molar refractivity (Wildman–Crippen MR) is 245 cm³/mol. The molecule has 6 rings (SSSR count). The third kappa shape index (κ3) is 10.4. The fraction of sp³-hybridized carbons (Fsp3) is 0.256. The number of pyridine rings is 3. The number of benzene rings is 2. The standard InChI is InChI=1S/C21H22N4O3.C21H20N4O3.CH3.2HI.V/c2*1-5-28-21-18-17(14-7-6-13(9-22)8-15(14)27-4)16(20(23)26)12(3)25-19(18)11(2)10-24-21;;;;/h6-8,10,17,25H,5H2,1-4H3,(H2,23,26);6-8,10H,5H2,1-4H3,(H2,23,26);1H3;2*1H;/q;;-1;;;+2/p-2/t17-;;;;;/m0...../s1. The van der Waals surface area contributed by atoms with Crippen LogP contribution in [0.2, 0.25) is 0 Å². The maximum atomic E-state index is 12.4. The summed E-state index contributed by atoms with van der Waals surface area (Å²) in [5, 5.41) is 22.3. The van der Waals surface area contributed by atoms with E-state index in [-0.39, 0.29) is 13.0 Å². The molecule has 0 spiro atoms. The molecular weight excluding hydrogens is 1030 g/mol. The molecular formula is C43H45I2N8O6V-. The van der Waals surface area contributed by atoms with Crippen LogP contribution in [0.25, 0.3) is 22.0 Å². The molecule has 313 valence electrons. The number of hydrogen-bond acceptors (Lipinski definition) is 12. The number of carbonyl (C=O) groups excluding carboxylic acids is 2. The van der Waals surface area contributed by atoms with E-state index in [4.69, 9.17) is 30.4 Å². The van der Waals surface area contributed by atoms with Crippen molar-refractivity contribution in [3.05, 3.63) is 112 Å². The van der Waals surface area contributed by atoms with Crippen molar-refractivity contribution in [2.45, 2.75) is 47.5 Å². The van der Waals surface area contributed by atoms with Gasteiger partial charge < -0.3 is 43.2 Å². The molecule has 0 fully saturated rings. The summed E-state index contributed by atoms with van der Waals surface area (Å²) in [6.07, 6.45) is 3.41. The molecule has 2 aromatic carbocycles. The first-order chi connectivity index (χ1) is 28.3. The first-order valence-corrected chi connectivity index (χ1v) is 27.0. The number of fused-ring (bicyclic) bond motifs is 2. The van der Waals surface area contributed by atoms with E-state index < -0.39 is 17.7 Å². The number of allylic oxidation sites excluding steroid dienone is 1. The van der Waals surface area contributed by atoms with Gasteiger partial charge in [-0.3, -0.25) is 14.6 Å². The number of halogens is 2. The number of hydrogen-bond donors (Lipinski definition) is 3. The van der Waals surface area contributed by atoms with Crippen LogP contribution in [0.15, 0.2) is 60.1 Å². The zero-order chi connectivity index (χ0) is 43.6. The number of methoxy groups -OCH3 is 2. The summed E-state index contributed by atoms with van der Waals surface area (Å²) in [6.45, 7) is 11.9. The number of carbonyl (C=O) groups is 2. The topological polar surface area (TPSA) is 221 Å². The van der Waals surface area contributed by atoms with Crippen LogP contribution in [0.4, 0.5) is 5.69 Å². The van der Waals surface area contributed by atoms with Gasteiger partial charge in [-0.1, -0.05) is 6.07 Å². The van der Waals surface area contributed by atoms with Crippen molar-refractivity contribution in [1.29, 1.82) is 10.5 Å². The summed E-state index contributed by atoms with van der Waals surface area (Å²) in [4.78, 5) is 38.2. The zero-order valence-corrected chi connectivity index (χ0v) is 40.4. The Hall–Kier alpha value is -5.15. The van der Waals surface area contributed by atoms with Crippen molar-refractivity contribution >= 4 is 68.4 Å². The van der Waals surface area contributed by atoms with Crippen LogP contribution >= 0.6 is 40.0 Å². The number of aromatic nitrogens is 3. The van der Waals surface area contributed by atoms with E-state index in [0.29, 0.717) is 102 Å². The van der Waals surface area contributed by atoms with E-state index in [1.807, 2.05) is 34.6 Å². The Bertz CT molecular complexity index is 2540. The van der Waals surface area contributed by atoms with E-state index in [2.05, 4.69) is 72.4 Å². The molecule has 0 saturated carbocycles. The number of anilines is 1. The molecule has 3 aromatic heterocycles. The molecule has 0 aliphatic carbocycles. The second-order valence-corrected chi connectivity index (χ2v) is 24.6. The minimum atomic E-state index is -0.614. The minimum absolute atomic E-state index is 0. The Balaban J connectivity index is 0.000000296. The van der Waals surface area contributed by atoms with Crippen LogP contribution < -0.4 is 35.7 Å². The molecule has 1 aliphatic heterocycles. The molecule has 0 bridgehead atoms. The predicted octanol–water partition coefficient (Wildman–Crippen LogP) is 8.50. The molecule has 5 aromatic rings. The van der Waals surface area contributed by atoms with Crippen LogP contribution in [0.1, 0.15) is 76.1 Å². The van der Waals surface area contributed by atoms with Crippen molar-refractivity contribution in [3.63, 3.8) is 0 Å². The number of rotatable bonds is 10. The van der Waals surface area contributed by atoms with Crippen LogP contribution in [0.3, 0.4) is 0 Å². The molecule has 2 amide bonds. The van der Waals surface area contributed by atoms with Crippen LogP contribution in [-0.4, -0.2) is 54.2 Å². The molecule has 17 heteroatoms. The van der Waals surface area contributed by atoms with E-state index in [1.165, 1.54) is 14.2 Å². The normalized spacial score (nSPS) is 12.3. The Morgan fingerprint density at radius 1 is 0.850 bits per heavy atom. The molecule has 1 atom stereocenters. The Morgan fingerprint density at radius 3 is 1.95 bits per heavy atom. The summed E-state index contributed by atoms with van der Waals surface area (Å²) in [5.41, 5.74) is 20.1. The number of nitriles is 2. The molecule has 14 nitrogen and oxygen atoms in total. The fourth-order valence-electron chi connectivity index (χ4n) is 6.83. The van der Waals surface area contributed by atoms with Crippen LogP contribution in [0.5, 0.6) is 23.3 Å². The quantitative estimate of drug-likeness (QED) is 0.0885. The van der Waals surface area contributed by atoms with E-state index in [1.54, 1.807) is 55.7 Å². The molecule has 1 aliphatic rings. The van der Waals surface area contributed by atoms with Gasteiger partial charge in [0.25, 0.3) is 5.91 Å². The average molecular weight is 1070 g/mol. The van der Waals surface area contributed by atoms with Gasteiger partial charge in [0, 0.05) is 40.4 Å². The van der Waals surface area contributed by atoms with E-state index >= 15 is 0 Å². The van der Waals surface area contributed by atoms with Crippen molar-refractivity contribution in [1.82, 2.24) is 15.0 Å². The molecule has 4 heterocycles. The monoisotopic (exact) mass is 1070 g/mol. The third-order valence-electron chi connectivity index (χ3n) is 9.25. The molecule has 5 N–H and O–H groups in total. The van der Waals surface area contributed by atoms with Gasteiger partial charge in [-0.05, 0) is 83.0 Å². The van der Waals surface area contributed by atoms with Gasteiger partial charge in [0.2, 0.25) is 17.7 Å². The first kappa shape index (κ1) is 49.2. The van der Waals surface area contributed by atoms with E-state index in [9.17, 15) is 20.1 Å². The summed E-state index contributed by atoms with van der Waals surface area (Å²) >= 11 is 4.74. The number of primary amides is 2. The average Bonchev–Trinajstić information content (AvgIpc) is 3.22. The van der Waals surface area contributed by atoms with Gasteiger partial charge in [-0.15, -0.1) is 0 Å². The molecule has 0 unspecified atom stereocenters. The molecule has 60 heavy (non-hydrogen) atoms. The summed E-state index contributed by atoms with van der Waals surface area (Å²) < 4.78 is 22.6. The van der Waals surface area contributed by atoms with Gasteiger partial charge in [-0.2, -0.15) is 10.5 Å². The number of nitrogens with zero attached hydrogens (tertiary/aromatic N) is 5. The summed E-state index contributed by atoms with van der Waals surface area (Å²) in [5.74, 6) is 0.0289. The fourth-order valence-corrected chi connectivity index (χ4v) is 6.83. The number of amides is 2. The SMILES string of the molecule is CCOc1ncc(C)c2c1[C@@H](c1ccc(C#N)cc1OC)C(C(N)=O)=C(C)N2.CCOc1ncc(C)c2nc(C)c(C(N)=O)c(-c3ccc(C#N)cc3OC)c12.[CH3-].[I][V][I]. The second kappa shape index (κ2) is 22.5. The number of ether oxygens (including phenoxy) is 4. The van der Waals surface area contributed by atoms with Gasteiger partial charge in [0.15, 0.2) is 0 Å². The number of nitrogens with two attached hydrogens (primary N) is 2. The summed E-state index contributed by atoms with van der Waals surface area (Å²) in [6, 6.07) is 14.3. The van der Waals surface area contributed by atoms with Crippen molar-refractivity contribution in [2.75, 3.05) is 32.8 Å². The van der Waals surface area contributed by atoms with Gasteiger partial charge in [-0.25, -0.2) is 9.97 Å². The summed E-state index contributed by atoms with van der Waals surface area (Å²) in [7, 11) is 3.66. The van der Waals surface area contributed by atoms with Crippen molar-refractivity contribution < 1.29 is 38.0 Å².